The molecule has 3 heteroatoms. The third-order valence-electron chi connectivity index (χ3n) is 4.20. The van der Waals surface area contributed by atoms with Gasteiger partial charge in [0.05, 0.1) is 12.8 Å². The molecular formula is C18H30N2O. The average Bonchev–Trinajstić information content (AvgIpc) is 2.86. The summed E-state index contributed by atoms with van der Waals surface area (Å²) >= 11 is 0. The van der Waals surface area contributed by atoms with Gasteiger partial charge in [-0.15, -0.1) is 0 Å². The number of rotatable bonds is 6. The van der Waals surface area contributed by atoms with Gasteiger partial charge in [-0.1, -0.05) is 39.3 Å². The summed E-state index contributed by atoms with van der Waals surface area (Å²) in [6, 6.07) is 2.10. The Kier molecular flexibility index (Phi) is 5.65. The zero-order chi connectivity index (χ0) is 15.3. The largest absolute Gasteiger partial charge is 0.468 e. The lowest BCUT2D eigenvalue weighted by Gasteiger charge is -2.31. The van der Waals surface area contributed by atoms with Gasteiger partial charge in [0.2, 0.25) is 0 Å². The molecule has 118 valence electrons. The van der Waals surface area contributed by atoms with E-state index in [1.807, 2.05) is 6.26 Å². The maximum absolute atomic E-state index is 5.69. The summed E-state index contributed by atoms with van der Waals surface area (Å²) in [5, 5.41) is 3.45. The molecule has 2 rings (SSSR count). The van der Waals surface area contributed by atoms with E-state index in [9.17, 15) is 0 Å². The smallest absolute Gasteiger partial charge is 0.122 e. The van der Waals surface area contributed by atoms with Crippen LogP contribution in [-0.2, 0) is 13.1 Å². The highest BCUT2D eigenvalue weighted by molar-refractivity contribution is 5.19. The lowest BCUT2D eigenvalue weighted by atomic mass is 9.83. The Morgan fingerprint density at radius 2 is 2.14 bits per heavy atom. The second kappa shape index (κ2) is 7.28. The highest BCUT2D eigenvalue weighted by Crippen LogP contribution is 2.30. The Hall–Kier alpha value is -1.06. The van der Waals surface area contributed by atoms with E-state index < -0.39 is 0 Å². The standard InChI is InChI=1S/C18H30N2O/c1-5-9-19-13-15-8-12-21-17(15)14-20-10-6-16(7-11-20)18(2,3)4/h6,8,12,19H,5,7,9-11,13-14H2,1-4H3. The summed E-state index contributed by atoms with van der Waals surface area (Å²) in [6.45, 7) is 14.2. The van der Waals surface area contributed by atoms with Crippen LogP contribution in [0.3, 0.4) is 0 Å². The summed E-state index contributed by atoms with van der Waals surface area (Å²) in [5.74, 6) is 1.12. The first-order valence-corrected chi connectivity index (χ1v) is 8.18. The van der Waals surface area contributed by atoms with Crippen LogP contribution in [0.1, 0.15) is 51.9 Å². The summed E-state index contributed by atoms with van der Waals surface area (Å²) in [4.78, 5) is 2.47. The summed E-state index contributed by atoms with van der Waals surface area (Å²) < 4.78 is 5.69. The molecule has 1 aromatic rings. The van der Waals surface area contributed by atoms with Crippen molar-refractivity contribution in [2.24, 2.45) is 5.41 Å². The van der Waals surface area contributed by atoms with E-state index in [-0.39, 0.29) is 0 Å². The number of nitrogens with one attached hydrogen (secondary N) is 1. The molecule has 1 aliphatic rings. The van der Waals surface area contributed by atoms with Gasteiger partial charge >= 0.3 is 0 Å². The Morgan fingerprint density at radius 3 is 2.76 bits per heavy atom. The van der Waals surface area contributed by atoms with Crippen molar-refractivity contribution in [1.29, 1.82) is 0 Å². The fourth-order valence-electron chi connectivity index (χ4n) is 2.80. The van der Waals surface area contributed by atoms with Crippen LogP contribution in [0.25, 0.3) is 0 Å². The summed E-state index contributed by atoms with van der Waals surface area (Å²) in [7, 11) is 0. The third-order valence-corrected chi connectivity index (χ3v) is 4.20. The van der Waals surface area contributed by atoms with E-state index in [0.29, 0.717) is 5.41 Å². The van der Waals surface area contributed by atoms with E-state index in [2.05, 4.69) is 50.1 Å². The molecule has 0 radical (unpaired) electrons. The van der Waals surface area contributed by atoms with Crippen LogP contribution in [0.2, 0.25) is 0 Å². The van der Waals surface area contributed by atoms with Crippen molar-refractivity contribution in [2.75, 3.05) is 19.6 Å². The number of hydrogen-bond donors (Lipinski definition) is 1. The minimum absolute atomic E-state index is 0.312. The van der Waals surface area contributed by atoms with Crippen molar-refractivity contribution in [3.8, 4) is 0 Å². The molecule has 0 atom stereocenters. The van der Waals surface area contributed by atoms with Crippen molar-refractivity contribution >= 4 is 0 Å². The summed E-state index contributed by atoms with van der Waals surface area (Å²) in [5.41, 5.74) is 3.20. The predicted octanol–water partition coefficient (Wildman–Crippen LogP) is 3.96. The summed E-state index contributed by atoms with van der Waals surface area (Å²) in [6.07, 6.45) is 6.56. The van der Waals surface area contributed by atoms with Gasteiger partial charge in [-0.3, -0.25) is 4.90 Å². The van der Waals surface area contributed by atoms with E-state index in [0.717, 1.165) is 38.5 Å². The van der Waals surface area contributed by atoms with Crippen LogP contribution in [0, 0.1) is 5.41 Å². The van der Waals surface area contributed by atoms with E-state index in [1.165, 1.54) is 18.4 Å². The number of hydrogen-bond acceptors (Lipinski definition) is 3. The Labute approximate surface area is 129 Å². The maximum Gasteiger partial charge on any atom is 0.122 e. The normalized spacial score (nSPS) is 17.0. The van der Waals surface area contributed by atoms with E-state index in [4.69, 9.17) is 4.42 Å². The number of furan rings is 1. The van der Waals surface area contributed by atoms with Crippen molar-refractivity contribution in [2.45, 2.75) is 53.6 Å². The Balaban J connectivity index is 1.89. The molecular weight excluding hydrogens is 260 g/mol. The molecule has 2 heterocycles. The lowest BCUT2D eigenvalue weighted by molar-refractivity contribution is 0.249. The second-order valence-corrected chi connectivity index (χ2v) is 7.01. The van der Waals surface area contributed by atoms with Crippen LogP contribution >= 0.6 is 0 Å². The van der Waals surface area contributed by atoms with Gasteiger partial charge in [-0.05, 0) is 30.9 Å². The minimum atomic E-state index is 0.312. The Morgan fingerprint density at radius 1 is 1.33 bits per heavy atom. The molecule has 0 bridgehead atoms. The van der Waals surface area contributed by atoms with Gasteiger partial charge < -0.3 is 9.73 Å². The molecule has 0 aliphatic carbocycles. The molecule has 0 aromatic carbocycles. The van der Waals surface area contributed by atoms with E-state index in [1.54, 1.807) is 5.57 Å². The monoisotopic (exact) mass is 290 g/mol. The first kappa shape index (κ1) is 16.3. The molecule has 0 saturated carbocycles. The molecule has 1 aromatic heterocycles. The molecule has 0 amide bonds. The molecule has 3 nitrogen and oxygen atoms in total. The lowest BCUT2D eigenvalue weighted by Crippen LogP contribution is -2.31. The van der Waals surface area contributed by atoms with Crippen LogP contribution in [0.5, 0.6) is 0 Å². The Bertz CT molecular complexity index is 468. The van der Waals surface area contributed by atoms with E-state index >= 15 is 0 Å². The van der Waals surface area contributed by atoms with Crippen molar-refractivity contribution in [1.82, 2.24) is 10.2 Å². The SMILES string of the molecule is CCCNCc1ccoc1CN1CC=C(C(C)(C)C)CC1. The first-order valence-electron chi connectivity index (χ1n) is 8.18. The van der Waals surface area contributed by atoms with Gasteiger partial charge in [-0.2, -0.15) is 0 Å². The molecule has 0 unspecified atom stereocenters. The minimum Gasteiger partial charge on any atom is -0.468 e. The molecule has 0 saturated heterocycles. The predicted molar refractivity (Wildman–Crippen MR) is 88.1 cm³/mol. The zero-order valence-electron chi connectivity index (χ0n) is 14.0. The van der Waals surface area contributed by atoms with Gasteiger partial charge in [-0.25, -0.2) is 0 Å². The van der Waals surface area contributed by atoms with Crippen molar-refractivity contribution < 1.29 is 4.42 Å². The highest BCUT2D eigenvalue weighted by atomic mass is 16.3. The van der Waals surface area contributed by atoms with Crippen molar-refractivity contribution in [3.63, 3.8) is 0 Å². The molecule has 21 heavy (non-hydrogen) atoms. The molecule has 0 fully saturated rings. The van der Waals surface area contributed by atoms with Crippen molar-refractivity contribution in [3.05, 3.63) is 35.3 Å². The van der Waals surface area contributed by atoms with Gasteiger partial charge in [0.15, 0.2) is 0 Å². The quantitative estimate of drug-likeness (QED) is 0.635. The van der Waals surface area contributed by atoms with Crippen LogP contribution in [0.4, 0.5) is 0 Å². The average molecular weight is 290 g/mol. The molecule has 1 aliphatic heterocycles. The number of nitrogens with zero attached hydrogens (tertiary/aromatic N) is 1. The van der Waals surface area contributed by atoms with Crippen LogP contribution < -0.4 is 5.32 Å². The first-order chi connectivity index (χ1) is 10.0. The topological polar surface area (TPSA) is 28.4 Å². The fraction of sp³-hybridized carbons (Fsp3) is 0.667. The zero-order valence-corrected chi connectivity index (χ0v) is 14.0. The van der Waals surface area contributed by atoms with Crippen LogP contribution in [0.15, 0.2) is 28.4 Å². The van der Waals surface area contributed by atoms with Gasteiger partial charge in [0.25, 0.3) is 0 Å². The maximum atomic E-state index is 5.69. The third kappa shape index (κ3) is 4.72. The fourth-order valence-corrected chi connectivity index (χ4v) is 2.80. The molecule has 1 N–H and O–H groups in total. The van der Waals surface area contributed by atoms with Gasteiger partial charge in [0.1, 0.15) is 5.76 Å². The van der Waals surface area contributed by atoms with Gasteiger partial charge in [0, 0.05) is 25.2 Å². The van der Waals surface area contributed by atoms with Crippen LogP contribution in [-0.4, -0.2) is 24.5 Å². The highest BCUT2D eigenvalue weighted by Gasteiger charge is 2.22. The molecule has 0 spiro atoms. The second-order valence-electron chi connectivity index (χ2n) is 7.01.